The van der Waals surface area contributed by atoms with Gasteiger partial charge < -0.3 is 10.1 Å². The van der Waals surface area contributed by atoms with Gasteiger partial charge in [-0.15, -0.1) is 5.10 Å². The predicted octanol–water partition coefficient (Wildman–Crippen LogP) is 2.98. The molecule has 6 nitrogen and oxygen atoms in total. The minimum Gasteiger partial charge on any atom is -0.497 e. The molecule has 1 heterocycles. The topological polar surface area (TPSA) is 69.0 Å². The van der Waals surface area contributed by atoms with E-state index in [1.54, 1.807) is 32.2 Å². The van der Waals surface area contributed by atoms with E-state index < -0.39 is 11.7 Å². The number of benzene rings is 2. The zero-order valence-corrected chi connectivity index (χ0v) is 13.2. The third-order valence-electron chi connectivity index (χ3n) is 3.53. The molecule has 1 aromatic heterocycles. The highest BCUT2D eigenvalue weighted by atomic mass is 19.1. The van der Waals surface area contributed by atoms with E-state index in [0.717, 1.165) is 0 Å². The maximum Gasteiger partial charge on any atom is 0.278 e. The van der Waals surface area contributed by atoms with Crippen LogP contribution in [0.5, 0.6) is 5.75 Å². The lowest BCUT2D eigenvalue weighted by Crippen LogP contribution is -2.15. The zero-order chi connectivity index (χ0) is 17.1. The molecular formula is C17H15FN4O2. The molecule has 0 radical (unpaired) electrons. The monoisotopic (exact) mass is 326 g/mol. The molecule has 3 rings (SSSR count). The van der Waals surface area contributed by atoms with Crippen molar-refractivity contribution in [1.29, 1.82) is 0 Å². The van der Waals surface area contributed by atoms with Crippen molar-refractivity contribution >= 4 is 11.6 Å². The van der Waals surface area contributed by atoms with Gasteiger partial charge >= 0.3 is 0 Å². The van der Waals surface area contributed by atoms with Crippen molar-refractivity contribution in [3.8, 4) is 11.4 Å². The number of methoxy groups -OCH3 is 1. The quantitative estimate of drug-likeness (QED) is 0.800. The van der Waals surface area contributed by atoms with E-state index in [0.29, 0.717) is 17.1 Å². The first kappa shape index (κ1) is 15.7. The van der Waals surface area contributed by atoms with Crippen LogP contribution in [0.3, 0.4) is 0 Å². The minimum atomic E-state index is -0.522. The molecule has 0 saturated carbocycles. The van der Waals surface area contributed by atoms with Crippen LogP contribution in [0, 0.1) is 12.7 Å². The minimum absolute atomic E-state index is 0.0952. The normalized spacial score (nSPS) is 10.5. The maximum absolute atomic E-state index is 13.6. The fraction of sp³-hybridized carbons (Fsp3) is 0.118. The first-order valence-electron chi connectivity index (χ1n) is 7.23. The van der Waals surface area contributed by atoms with E-state index in [-0.39, 0.29) is 11.4 Å². The summed E-state index contributed by atoms with van der Waals surface area (Å²) in [7, 11) is 1.57. The second-order valence-electron chi connectivity index (χ2n) is 5.07. The molecule has 2 aromatic carbocycles. The average molecular weight is 326 g/mol. The van der Waals surface area contributed by atoms with Crippen molar-refractivity contribution in [2.75, 3.05) is 12.4 Å². The second kappa shape index (κ2) is 6.49. The lowest BCUT2D eigenvalue weighted by Gasteiger charge is -2.07. The standard InChI is InChI=1S/C17H15FN4O2/c1-11-16(17(23)19-15-9-4-3-8-14(15)18)20-21-22(11)12-6-5-7-13(10-12)24-2/h3-10H,1-2H3,(H,19,23). The third-order valence-corrected chi connectivity index (χ3v) is 3.53. The van der Waals surface area contributed by atoms with Gasteiger partial charge in [0.25, 0.3) is 5.91 Å². The molecule has 7 heteroatoms. The molecule has 1 amide bonds. The molecule has 0 aliphatic rings. The Hall–Kier alpha value is -3.22. The first-order valence-corrected chi connectivity index (χ1v) is 7.23. The predicted molar refractivity (Wildman–Crippen MR) is 87.0 cm³/mol. The fourth-order valence-corrected chi connectivity index (χ4v) is 2.27. The van der Waals surface area contributed by atoms with Crippen LogP contribution in [0.15, 0.2) is 48.5 Å². The molecule has 3 aromatic rings. The van der Waals surface area contributed by atoms with Gasteiger partial charge in [-0.3, -0.25) is 4.79 Å². The van der Waals surface area contributed by atoms with Gasteiger partial charge in [0.05, 0.1) is 24.2 Å². The number of nitrogens with zero attached hydrogens (tertiary/aromatic N) is 3. The molecule has 0 aliphatic heterocycles. The van der Waals surface area contributed by atoms with Gasteiger partial charge in [-0.1, -0.05) is 23.4 Å². The van der Waals surface area contributed by atoms with E-state index in [2.05, 4.69) is 15.6 Å². The summed E-state index contributed by atoms with van der Waals surface area (Å²) in [5.41, 5.74) is 1.47. The van der Waals surface area contributed by atoms with E-state index in [4.69, 9.17) is 4.74 Å². The lowest BCUT2D eigenvalue weighted by molar-refractivity contribution is 0.102. The second-order valence-corrected chi connectivity index (χ2v) is 5.07. The molecule has 0 spiro atoms. The number of anilines is 1. The Morgan fingerprint density at radius 3 is 2.75 bits per heavy atom. The summed E-state index contributed by atoms with van der Waals surface area (Å²) in [6, 6.07) is 13.2. The highest BCUT2D eigenvalue weighted by Gasteiger charge is 2.18. The van der Waals surface area contributed by atoms with Gasteiger partial charge in [-0.2, -0.15) is 0 Å². The Kier molecular flexibility index (Phi) is 4.24. The Bertz CT molecular complexity index is 892. The zero-order valence-electron chi connectivity index (χ0n) is 13.2. The maximum atomic E-state index is 13.6. The average Bonchev–Trinajstić information content (AvgIpc) is 2.98. The first-order chi connectivity index (χ1) is 11.6. The summed E-state index contributed by atoms with van der Waals surface area (Å²) < 4.78 is 20.4. The summed E-state index contributed by atoms with van der Waals surface area (Å²) in [6.07, 6.45) is 0. The summed E-state index contributed by atoms with van der Waals surface area (Å²) in [5.74, 6) is -0.366. The Morgan fingerprint density at radius 2 is 2.00 bits per heavy atom. The number of hydrogen-bond acceptors (Lipinski definition) is 4. The van der Waals surface area contributed by atoms with Gasteiger partial charge in [-0.25, -0.2) is 9.07 Å². The molecule has 24 heavy (non-hydrogen) atoms. The van der Waals surface area contributed by atoms with Gasteiger partial charge in [-0.05, 0) is 31.2 Å². The summed E-state index contributed by atoms with van der Waals surface area (Å²) in [5, 5.41) is 10.4. The lowest BCUT2D eigenvalue weighted by atomic mass is 10.2. The highest BCUT2D eigenvalue weighted by molar-refractivity contribution is 6.03. The SMILES string of the molecule is COc1cccc(-n2nnc(C(=O)Nc3ccccc3F)c2C)c1. The number of ether oxygens (including phenoxy) is 1. The van der Waals surface area contributed by atoms with Crippen molar-refractivity contribution in [2.24, 2.45) is 0 Å². The van der Waals surface area contributed by atoms with Crippen molar-refractivity contribution < 1.29 is 13.9 Å². The summed E-state index contributed by atoms with van der Waals surface area (Å²) in [6.45, 7) is 1.72. The van der Waals surface area contributed by atoms with Crippen LogP contribution in [0.1, 0.15) is 16.2 Å². The molecule has 0 bridgehead atoms. The van der Waals surface area contributed by atoms with E-state index in [1.807, 2.05) is 18.2 Å². The van der Waals surface area contributed by atoms with Crippen LogP contribution in [0.25, 0.3) is 5.69 Å². The van der Waals surface area contributed by atoms with Crippen molar-refractivity contribution in [2.45, 2.75) is 6.92 Å². The van der Waals surface area contributed by atoms with Crippen LogP contribution in [-0.2, 0) is 0 Å². The highest BCUT2D eigenvalue weighted by Crippen LogP contribution is 2.19. The summed E-state index contributed by atoms with van der Waals surface area (Å²) in [4.78, 5) is 12.3. The van der Waals surface area contributed by atoms with Crippen molar-refractivity contribution in [3.63, 3.8) is 0 Å². The molecule has 0 unspecified atom stereocenters. The number of para-hydroxylation sites is 1. The molecule has 0 fully saturated rings. The van der Waals surface area contributed by atoms with Gasteiger partial charge in [0.15, 0.2) is 5.69 Å². The number of carbonyl (C=O) groups excluding carboxylic acids is 1. The van der Waals surface area contributed by atoms with E-state index in [9.17, 15) is 9.18 Å². The van der Waals surface area contributed by atoms with Crippen molar-refractivity contribution in [3.05, 3.63) is 65.7 Å². The van der Waals surface area contributed by atoms with Gasteiger partial charge in [0, 0.05) is 6.07 Å². The van der Waals surface area contributed by atoms with Crippen LogP contribution < -0.4 is 10.1 Å². The van der Waals surface area contributed by atoms with Gasteiger partial charge in [0.2, 0.25) is 0 Å². The van der Waals surface area contributed by atoms with Crippen LogP contribution in [0.4, 0.5) is 10.1 Å². The van der Waals surface area contributed by atoms with E-state index >= 15 is 0 Å². The molecule has 0 atom stereocenters. The number of halogens is 1. The van der Waals surface area contributed by atoms with Crippen LogP contribution >= 0.6 is 0 Å². The Morgan fingerprint density at radius 1 is 1.21 bits per heavy atom. The smallest absolute Gasteiger partial charge is 0.278 e. The fourth-order valence-electron chi connectivity index (χ4n) is 2.27. The number of hydrogen-bond donors (Lipinski definition) is 1. The number of nitrogens with one attached hydrogen (secondary N) is 1. The molecule has 1 N–H and O–H groups in total. The number of rotatable bonds is 4. The van der Waals surface area contributed by atoms with Crippen LogP contribution in [-0.4, -0.2) is 28.0 Å². The van der Waals surface area contributed by atoms with E-state index in [1.165, 1.54) is 16.8 Å². The molecule has 122 valence electrons. The molecule has 0 aliphatic carbocycles. The third kappa shape index (κ3) is 2.96. The Labute approximate surface area is 137 Å². The van der Waals surface area contributed by atoms with Crippen molar-refractivity contribution in [1.82, 2.24) is 15.0 Å². The molecule has 0 saturated heterocycles. The van der Waals surface area contributed by atoms with Gasteiger partial charge in [0.1, 0.15) is 11.6 Å². The largest absolute Gasteiger partial charge is 0.497 e. The summed E-state index contributed by atoms with van der Waals surface area (Å²) >= 11 is 0. The number of aromatic nitrogens is 3. The Balaban J connectivity index is 1.89. The number of amides is 1. The number of carbonyl (C=O) groups is 1. The van der Waals surface area contributed by atoms with Crippen LogP contribution in [0.2, 0.25) is 0 Å². The molecular weight excluding hydrogens is 311 g/mol.